The quantitative estimate of drug-likeness (QED) is 0.452. The van der Waals surface area contributed by atoms with E-state index in [4.69, 9.17) is 5.11 Å². The highest BCUT2D eigenvalue weighted by atomic mass is 32.2. The van der Waals surface area contributed by atoms with E-state index in [0.717, 1.165) is 28.4 Å². The first-order valence-electron chi connectivity index (χ1n) is 7.77. The Morgan fingerprint density at radius 2 is 1.73 bits per heavy atom. The van der Waals surface area contributed by atoms with Crippen molar-refractivity contribution < 1.29 is 14.7 Å². The molecule has 0 aliphatic carbocycles. The van der Waals surface area contributed by atoms with Crippen molar-refractivity contribution in [3.05, 3.63) is 48.5 Å². The number of fused-ring (bicyclic) bond motifs is 1. The Balaban J connectivity index is 1.87. The summed E-state index contributed by atoms with van der Waals surface area (Å²) in [5, 5.41) is 16.2. The summed E-state index contributed by atoms with van der Waals surface area (Å²) >= 11 is 1.15. The molecule has 1 aromatic heterocycles. The molecule has 0 unspecified atom stereocenters. The Hall–Kier alpha value is -3.13. The summed E-state index contributed by atoms with van der Waals surface area (Å²) in [6.45, 7) is 1.45. The number of nitrogens with zero attached hydrogens (tertiary/aromatic N) is 2. The molecule has 0 saturated carbocycles. The van der Waals surface area contributed by atoms with Gasteiger partial charge in [0.15, 0.2) is 0 Å². The molecule has 0 aliphatic heterocycles. The van der Waals surface area contributed by atoms with Crippen LogP contribution in [-0.2, 0) is 9.59 Å². The highest BCUT2D eigenvalue weighted by Crippen LogP contribution is 2.27. The number of anilines is 3. The fourth-order valence-electron chi connectivity index (χ4n) is 2.31. The number of para-hydroxylation sites is 1. The van der Waals surface area contributed by atoms with Gasteiger partial charge in [0.1, 0.15) is 5.03 Å². The Morgan fingerprint density at radius 1 is 1.04 bits per heavy atom. The fourth-order valence-corrected chi connectivity index (χ4v) is 3.05. The van der Waals surface area contributed by atoms with Crippen LogP contribution >= 0.6 is 11.8 Å². The number of benzene rings is 2. The number of carbonyl (C=O) groups is 2. The minimum Gasteiger partial charge on any atom is -0.481 e. The third-order valence-electron chi connectivity index (χ3n) is 3.36. The zero-order chi connectivity index (χ0) is 18.5. The van der Waals surface area contributed by atoms with Crippen LogP contribution in [0.2, 0.25) is 0 Å². The summed E-state index contributed by atoms with van der Waals surface area (Å²) in [7, 11) is 0. The minimum atomic E-state index is -0.902. The highest BCUT2D eigenvalue weighted by molar-refractivity contribution is 8.00. The van der Waals surface area contributed by atoms with Crippen LogP contribution in [0.3, 0.4) is 0 Å². The lowest BCUT2D eigenvalue weighted by Crippen LogP contribution is -2.05. The van der Waals surface area contributed by atoms with E-state index < -0.39 is 5.97 Å². The van der Waals surface area contributed by atoms with Gasteiger partial charge in [-0.25, -0.2) is 9.97 Å². The van der Waals surface area contributed by atoms with Crippen LogP contribution in [0.4, 0.5) is 17.3 Å². The lowest BCUT2D eigenvalue weighted by molar-refractivity contribution is -0.133. The molecular formula is C18H16N4O3S. The first-order valence-corrected chi connectivity index (χ1v) is 8.76. The van der Waals surface area contributed by atoms with Gasteiger partial charge in [0.2, 0.25) is 11.9 Å². The van der Waals surface area contributed by atoms with E-state index in [0.29, 0.717) is 16.7 Å². The highest BCUT2D eigenvalue weighted by Gasteiger charge is 2.10. The molecule has 8 heteroatoms. The number of rotatable bonds is 6. The fraction of sp³-hybridized carbons (Fsp3) is 0.111. The lowest BCUT2D eigenvalue weighted by Gasteiger charge is -2.10. The normalized spacial score (nSPS) is 10.5. The van der Waals surface area contributed by atoms with Crippen molar-refractivity contribution >= 4 is 51.9 Å². The van der Waals surface area contributed by atoms with Gasteiger partial charge >= 0.3 is 5.97 Å². The topological polar surface area (TPSA) is 104 Å². The zero-order valence-corrected chi connectivity index (χ0v) is 14.7. The number of carboxylic acids is 1. The van der Waals surface area contributed by atoms with Gasteiger partial charge in [-0.1, -0.05) is 30.0 Å². The molecule has 3 N–H and O–H groups in total. The molecule has 3 rings (SSSR count). The van der Waals surface area contributed by atoms with E-state index in [-0.39, 0.29) is 11.7 Å². The summed E-state index contributed by atoms with van der Waals surface area (Å²) in [5.41, 5.74) is 2.18. The number of carboxylic acid groups (broad SMARTS) is 1. The zero-order valence-electron chi connectivity index (χ0n) is 13.9. The molecule has 0 aliphatic rings. The average Bonchev–Trinajstić information content (AvgIpc) is 2.61. The van der Waals surface area contributed by atoms with Crippen LogP contribution in [0.1, 0.15) is 6.92 Å². The van der Waals surface area contributed by atoms with E-state index in [2.05, 4.69) is 20.6 Å². The van der Waals surface area contributed by atoms with Crippen molar-refractivity contribution in [2.75, 3.05) is 16.4 Å². The summed E-state index contributed by atoms with van der Waals surface area (Å²) < 4.78 is 0. The molecular weight excluding hydrogens is 352 g/mol. The van der Waals surface area contributed by atoms with Gasteiger partial charge in [-0.05, 0) is 30.3 Å². The standard InChI is InChI=1S/C18H16N4O3S/c1-11(23)19-12-6-8-13(9-7-12)20-18-21-15-5-3-2-4-14(15)17(22-18)26-10-16(24)25/h2-9H,10H2,1H3,(H,19,23)(H,24,25)(H,20,21,22). The predicted octanol–water partition coefficient (Wildman–Crippen LogP) is 3.51. The first kappa shape index (κ1) is 17.7. The minimum absolute atomic E-state index is 0.0775. The molecule has 0 spiro atoms. The molecule has 26 heavy (non-hydrogen) atoms. The Kier molecular flexibility index (Phi) is 5.33. The third-order valence-corrected chi connectivity index (χ3v) is 4.34. The van der Waals surface area contributed by atoms with E-state index in [9.17, 15) is 9.59 Å². The molecule has 0 fully saturated rings. The van der Waals surface area contributed by atoms with Crippen LogP contribution in [-0.4, -0.2) is 32.7 Å². The Bertz CT molecular complexity index is 960. The van der Waals surface area contributed by atoms with E-state index in [1.54, 1.807) is 24.3 Å². The van der Waals surface area contributed by atoms with Gasteiger partial charge in [0, 0.05) is 23.7 Å². The van der Waals surface area contributed by atoms with Crippen molar-refractivity contribution in [3.8, 4) is 0 Å². The van der Waals surface area contributed by atoms with Crippen molar-refractivity contribution in [1.29, 1.82) is 0 Å². The van der Waals surface area contributed by atoms with Crippen LogP contribution in [0.5, 0.6) is 0 Å². The van der Waals surface area contributed by atoms with Gasteiger partial charge < -0.3 is 15.7 Å². The van der Waals surface area contributed by atoms with Gasteiger partial charge in [-0.2, -0.15) is 0 Å². The van der Waals surface area contributed by atoms with Crippen molar-refractivity contribution in [1.82, 2.24) is 9.97 Å². The first-order chi connectivity index (χ1) is 12.5. The molecule has 7 nitrogen and oxygen atoms in total. The van der Waals surface area contributed by atoms with Gasteiger partial charge in [0.25, 0.3) is 0 Å². The Morgan fingerprint density at radius 3 is 2.42 bits per heavy atom. The van der Waals surface area contributed by atoms with Gasteiger partial charge in [0.05, 0.1) is 11.3 Å². The maximum absolute atomic E-state index is 11.1. The van der Waals surface area contributed by atoms with Crippen LogP contribution < -0.4 is 10.6 Å². The van der Waals surface area contributed by atoms with Crippen molar-refractivity contribution in [2.24, 2.45) is 0 Å². The van der Waals surface area contributed by atoms with E-state index in [1.807, 2.05) is 24.3 Å². The SMILES string of the molecule is CC(=O)Nc1ccc(Nc2nc(SCC(=O)O)c3ccccc3n2)cc1. The number of aromatic nitrogens is 2. The summed E-state index contributed by atoms with van der Waals surface area (Å²) in [4.78, 5) is 30.9. The van der Waals surface area contributed by atoms with Crippen LogP contribution in [0.25, 0.3) is 10.9 Å². The molecule has 132 valence electrons. The third kappa shape index (κ3) is 4.48. The maximum atomic E-state index is 11.1. The number of thioether (sulfide) groups is 1. The monoisotopic (exact) mass is 368 g/mol. The molecule has 1 heterocycles. The summed E-state index contributed by atoms with van der Waals surface area (Å²) in [5.74, 6) is -0.737. The second-order valence-electron chi connectivity index (χ2n) is 5.44. The molecule has 3 aromatic rings. The molecule has 1 amide bonds. The molecule has 2 aromatic carbocycles. The molecule has 0 radical (unpaired) electrons. The number of hydrogen-bond acceptors (Lipinski definition) is 6. The molecule has 0 atom stereocenters. The molecule has 0 saturated heterocycles. The smallest absolute Gasteiger partial charge is 0.313 e. The Labute approximate surface area is 153 Å². The molecule has 0 bridgehead atoms. The number of amides is 1. The predicted molar refractivity (Wildman–Crippen MR) is 102 cm³/mol. The second-order valence-corrected chi connectivity index (χ2v) is 6.40. The number of nitrogens with one attached hydrogen (secondary N) is 2. The summed E-state index contributed by atoms with van der Waals surface area (Å²) in [6.07, 6.45) is 0. The second kappa shape index (κ2) is 7.83. The van der Waals surface area contributed by atoms with Crippen LogP contribution in [0.15, 0.2) is 53.6 Å². The maximum Gasteiger partial charge on any atom is 0.313 e. The van der Waals surface area contributed by atoms with Crippen LogP contribution in [0, 0.1) is 0 Å². The van der Waals surface area contributed by atoms with E-state index in [1.165, 1.54) is 6.92 Å². The number of hydrogen-bond donors (Lipinski definition) is 3. The average molecular weight is 368 g/mol. The van der Waals surface area contributed by atoms with E-state index >= 15 is 0 Å². The van der Waals surface area contributed by atoms with Gasteiger partial charge in [-0.15, -0.1) is 0 Å². The lowest BCUT2D eigenvalue weighted by atomic mass is 10.2. The number of aliphatic carboxylic acids is 1. The number of carbonyl (C=O) groups excluding carboxylic acids is 1. The largest absolute Gasteiger partial charge is 0.481 e. The van der Waals surface area contributed by atoms with Gasteiger partial charge in [-0.3, -0.25) is 9.59 Å². The van der Waals surface area contributed by atoms with Crippen molar-refractivity contribution in [3.63, 3.8) is 0 Å². The summed E-state index contributed by atoms with van der Waals surface area (Å²) in [6, 6.07) is 14.6. The van der Waals surface area contributed by atoms with Crippen molar-refractivity contribution in [2.45, 2.75) is 11.9 Å².